The monoisotopic (exact) mass is 304 g/mol. The van der Waals surface area contributed by atoms with Gasteiger partial charge in [0.2, 0.25) is 0 Å². The van der Waals surface area contributed by atoms with Gasteiger partial charge in [-0.1, -0.05) is 35.9 Å². The number of carbonyl (C=O) groups is 1. The number of hydrogen-bond donors (Lipinski definition) is 2. The maximum atomic E-state index is 12.1. The number of carbonyl (C=O) groups excluding carboxylic acids is 1. The van der Waals surface area contributed by atoms with Gasteiger partial charge in [-0.2, -0.15) is 0 Å². The van der Waals surface area contributed by atoms with Crippen LogP contribution in [0.3, 0.4) is 0 Å². The summed E-state index contributed by atoms with van der Waals surface area (Å²) in [5.74, 6) is -1.21. The smallest absolute Gasteiger partial charge is 0.253 e. The largest absolute Gasteiger partial charge is 0.299 e. The van der Waals surface area contributed by atoms with Gasteiger partial charge >= 0.3 is 0 Å². The van der Waals surface area contributed by atoms with Crippen molar-refractivity contribution >= 4 is 21.4 Å². The lowest BCUT2D eigenvalue weighted by molar-refractivity contribution is -0.118. The van der Waals surface area contributed by atoms with Crippen LogP contribution in [0.25, 0.3) is 0 Å². The summed E-state index contributed by atoms with van der Waals surface area (Å²) in [5, 5.41) is 0. The first-order valence-electron chi connectivity index (χ1n) is 6.37. The molecule has 0 unspecified atom stereocenters. The Bertz CT molecular complexity index is 710. The molecule has 0 aliphatic heterocycles. The molecule has 110 valence electrons. The van der Waals surface area contributed by atoms with E-state index in [1.54, 1.807) is 36.4 Å². The molecule has 2 rings (SSSR count). The van der Waals surface area contributed by atoms with Crippen molar-refractivity contribution in [2.75, 3.05) is 11.2 Å². The van der Waals surface area contributed by atoms with E-state index in [4.69, 9.17) is 0 Å². The quantitative estimate of drug-likeness (QED) is 0.828. The Morgan fingerprint density at radius 2 is 1.62 bits per heavy atom. The second kappa shape index (κ2) is 6.41. The first-order chi connectivity index (χ1) is 9.97. The fourth-order valence-electron chi connectivity index (χ4n) is 1.70. The van der Waals surface area contributed by atoms with Gasteiger partial charge in [0.05, 0.1) is 10.6 Å². The van der Waals surface area contributed by atoms with Gasteiger partial charge < -0.3 is 0 Å². The maximum Gasteiger partial charge on any atom is 0.253 e. The molecule has 5 nitrogen and oxygen atoms in total. The third-order valence-electron chi connectivity index (χ3n) is 2.82. The van der Waals surface area contributed by atoms with E-state index in [0.717, 1.165) is 5.56 Å². The third-order valence-corrected chi connectivity index (χ3v) is 4.45. The average molecular weight is 304 g/mol. The van der Waals surface area contributed by atoms with Crippen molar-refractivity contribution in [1.29, 1.82) is 0 Å². The zero-order valence-corrected chi connectivity index (χ0v) is 12.4. The summed E-state index contributed by atoms with van der Waals surface area (Å²) in [7, 11) is -3.63. The third kappa shape index (κ3) is 4.32. The van der Waals surface area contributed by atoms with Crippen LogP contribution in [0.15, 0.2) is 59.5 Å². The second-order valence-electron chi connectivity index (χ2n) is 4.61. The van der Waals surface area contributed by atoms with Crippen molar-refractivity contribution in [3.8, 4) is 0 Å². The summed E-state index contributed by atoms with van der Waals surface area (Å²) in [6.45, 7) is 1.87. The molecule has 6 heteroatoms. The van der Waals surface area contributed by atoms with Gasteiger partial charge in [0.25, 0.3) is 5.91 Å². The van der Waals surface area contributed by atoms with E-state index in [0.29, 0.717) is 5.69 Å². The van der Waals surface area contributed by atoms with E-state index in [1.165, 1.54) is 12.1 Å². The lowest BCUT2D eigenvalue weighted by atomic mass is 10.2. The summed E-state index contributed by atoms with van der Waals surface area (Å²) in [6.07, 6.45) is 0. The molecule has 0 heterocycles. The molecule has 0 aliphatic rings. The average Bonchev–Trinajstić information content (AvgIpc) is 2.46. The molecule has 0 atom stereocenters. The highest BCUT2D eigenvalue weighted by Crippen LogP contribution is 2.12. The van der Waals surface area contributed by atoms with Crippen molar-refractivity contribution in [3.63, 3.8) is 0 Å². The standard InChI is InChI=1S/C15H16N2O3S/c1-12-7-9-14(10-8-12)21(19,20)11-15(18)17-16-13-5-3-2-4-6-13/h2-10,16H,11H2,1H3,(H,17,18). The van der Waals surface area contributed by atoms with Crippen LogP contribution in [0.1, 0.15) is 5.56 Å². The van der Waals surface area contributed by atoms with Gasteiger partial charge in [0, 0.05) is 0 Å². The zero-order chi connectivity index (χ0) is 15.3. The lowest BCUT2D eigenvalue weighted by Crippen LogP contribution is -2.34. The maximum absolute atomic E-state index is 12.1. The molecule has 21 heavy (non-hydrogen) atoms. The van der Waals surface area contributed by atoms with Gasteiger partial charge in [-0.05, 0) is 31.2 Å². The second-order valence-corrected chi connectivity index (χ2v) is 6.60. The molecule has 0 aromatic heterocycles. The number of amides is 1. The Kier molecular flexibility index (Phi) is 4.59. The van der Waals surface area contributed by atoms with Crippen LogP contribution < -0.4 is 10.9 Å². The van der Waals surface area contributed by atoms with Crippen LogP contribution in [0.5, 0.6) is 0 Å². The lowest BCUT2D eigenvalue weighted by Gasteiger charge is -2.09. The van der Waals surface area contributed by atoms with E-state index in [-0.39, 0.29) is 4.90 Å². The van der Waals surface area contributed by atoms with Crippen molar-refractivity contribution in [3.05, 3.63) is 60.2 Å². The Labute approximate surface area is 123 Å². The Hall–Kier alpha value is -2.34. The van der Waals surface area contributed by atoms with E-state index in [2.05, 4.69) is 10.9 Å². The number of benzene rings is 2. The van der Waals surface area contributed by atoms with Crippen molar-refractivity contribution in [1.82, 2.24) is 5.43 Å². The first-order valence-corrected chi connectivity index (χ1v) is 8.02. The zero-order valence-electron chi connectivity index (χ0n) is 11.5. The van der Waals surface area contributed by atoms with Crippen LogP contribution >= 0.6 is 0 Å². The van der Waals surface area contributed by atoms with Crippen LogP contribution in [0, 0.1) is 6.92 Å². The normalized spacial score (nSPS) is 10.9. The highest BCUT2D eigenvalue weighted by atomic mass is 32.2. The molecule has 2 aromatic rings. The van der Waals surface area contributed by atoms with Gasteiger partial charge in [-0.3, -0.25) is 15.6 Å². The van der Waals surface area contributed by atoms with E-state index in [1.807, 2.05) is 13.0 Å². The summed E-state index contributed by atoms with van der Waals surface area (Å²) in [4.78, 5) is 11.9. The minimum absolute atomic E-state index is 0.142. The van der Waals surface area contributed by atoms with Gasteiger partial charge in [-0.15, -0.1) is 0 Å². The number of anilines is 1. The minimum Gasteiger partial charge on any atom is -0.299 e. The summed E-state index contributed by atoms with van der Waals surface area (Å²) < 4.78 is 24.2. The van der Waals surface area contributed by atoms with E-state index >= 15 is 0 Å². The van der Waals surface area contributed by atoms with Gasteiger partial charge in [0.15, 0.2) is 9.84 Å². The fourth-order valence-corrected chi connectivity index (χ4v) is 2.84. The molecule has 0 radical (unpaired) electrons. The predicted octanol–water partition coefficient (Wildman–Crippen LogP) is 1.91. The summed E-state index contributed by atoms with van der Waals surface area (Å²) in [5.41, 5.74) is 6.67. The molecular formula is C15H16N2O3S. The highest BCUT2D eigenvalue weighted by molar-refractivity contribution is 7.92. The molecule has 0 saturated heterocycles. The van der Waals surface area contributed by atoms with Crippen molar-refractivity contribution < 1.29 is 13.2 Å². The molecular weight excluding hydrogens is 288 g/mol. The summed E-state index contributed by atoms with van der Waals surface area (Å²) in [6, 6.07) is 15.4. The van der Waals surface area contributed by atoms with E-state index < -0.39 is 21.5 Å². The summed E-state index contributed by atoms with van der Waals surface area (Å²) >= 11 is 0. The van der Waals surface area contributed by atoms with Gasteiger partial charge in [0.1, 0.15) is 5.75 Å². The SMILES string of the molecule is Cc1ccc(S(=O)(=O)CC(=O)NNc2ccccc2)cc1. The number of rotatable bonds is 5. The number of hydrogen-bond acceptors (Lipinski definition) is 4. The molecule has 2 aromatic carbocycles. The fraction of sp³-hybridized carbons (Fsp3) is 0.133. The van der Waals surface area contributed by atoms with Crippen LogP contribution in [-0.2, 0) is 14.6 Å². The Morgan fingerprint density at radius 3 is 2.24 bits per heavy atom. The number of hydrazine groups is 1. The first kappa shape index (κ1) is 15.1. The molecule has 1 amide bonds. The van der Waals surface area contributed by atoms with Crippen molar-refractivity contribution in [2.45, 2.75) is 11.8 Å². The number of nitrogens with one attached hydrogen (secondary N) is 2. The van der Waals surface area contributed by atoms with E-state index in [9.17, 15) is 13.2 Å². The highest BCUT2D eigenvalue weighted by Gasteiger charge is 2.18. The molecule has 0 aliphatic carbocycles. The van der Waals surface area contributed by atoms with Crippen LogP contribution in [0.2, 0.25) is 0 Å². The molecule has 0 saturated carbocycles. The Morgan fingerprint density at radius 1 is 1.00 bits per heavy atom. The molecule has 0 spiro atoms. The van der Waals surface area contributed by atoms with Gasteiger partial charge in [-0.25, -0.2) is 8.42 Å². The van der Waals surface area contributed by atoms with Crippen molar-refractivity contribution in [2.24, 2.45) is 0 Å². The van der Waals surface area contributed by atoms with Crippen LogP contribution in [0.4, 0.5) is 5.69 Å². The number of aryl methyl sites for hydroxylation is 1. The number of sulfone groups is 1. The topological polar surface area (TPSA) is 75.3 Å². The molecule has 0 fully saturated rings. The molecule has 2 N–H and O–H groups in total. The Balaban J connectivity index is 1.97. The van der Waals surface area contributed by atoms with Crippen LogP contribution in [-0.4, -0.2) is 20.1 Å². The predicted molar refractivity (Wildman–Crippen MR) is 81.4 cm³/mol. The number of para-hydroxylation sites is 1. The molecule has 0 bridgehead atoms. The minimum atomic E-state index is -3.63.